The molecule has 0 aromatic carbocycles. The van der Waals surface area contributed by atoms with E-state index in [0.717, 1.165) is 19.0 Å². The minimum absolute atomic E-state index is 0.412. The topological polar surface area (TPSA) is 3.24 Å². The van der Waals surface area contributed by atoms with Crippen molar-refractivity contribution in [3.05, 3.63) is 12.7 Å². The maximum atomic E-state index is 3.73. The third-order valence-corrected chi connectivity index (χ3v) is 2.50. The van der Waals surface area contributed by atoms with E-state index in [1.807, 2.05) is 6.08 Å². The Morgan fingerprint density at radius 3 is 2.25 bits per heavy atom. The summed E-state index contributed by atoms with van der Waals surface area (Å²) in [5.74, 6) is 0.724. The standard InChI is InChI=1S/C11H23N/c1-7-8-12(6)9-10(2)11(3,4)5/h7,10H,1,8-9H2,2-6H3. The van der Waals surface area contributed by atoms with Crippen molar-refractivity contribution in [2.75, 3.05) is 20.1 Å². The summed E-state index contributed by atoms with van der Waals surface area (Å²) in [7, 11) is 2.14. The van der Waals surface area contributed by atoms with E-state index < -0.39 is 0 Å². The summed E-state index contributed by atoms with van der Waals surface area (Å²) in [5, 5.41) is 0. The molecule has 0 saturated heterocycles. The zero-order valence-electron chi connectivity index (χ0n) is 9.22. The van der Waals surface area contributed by atoms with Gasteiger partial charge in [0.15, 0.2) is 0 Å². The maximum absolute atomic E-state index is 3.73. The minimum Gasteiger partial charge on any atom is -0.302 e. The molecule has 0 rings (SSSR count). The third-order valence-electron chi connectivity index (χ3n) is 2.50. The third kappa shape index (κ3) is 4.55. The molecule has 0 radical (unpaired) electrons. The Labute approximate surface area is 77.5 Å². The Balaban J connectivity index is 3.83. The second-order valence-electron chi connectivity index (χ2n) is 4.78. The van der Waals surface area contributed by atoms with E-state index in [2.05, 4.69) is 46.2 Å². The Morgan fingerprint density at radius 1 is 1.42 bits per heavy atom. The fourth-order valence-corrected chi connectivity index (χ4v) is 1.04. The van der Waals surface area contributed by atoms with Gasteiger partial charge in [-0.1, -0.05) is 33.8 Å². The first-order valence-corrected chi connectivity index (χ1v) is 4.67. The molecule has 0 saturated carbocycles. The first kappa shape index (κ1) is 11.7. The van der Waals surface area contributed by atoms with Crippen LogP contribution in [0.1, 0.15) is 27.7 Å². The van der Waals surface area contributed by atoms with Crippen molar-refractivity contribution in [3.63, 3.8) is 0 Å². The molecule has 0 N–H and O–H groups in total. The number of hydrogen-bond donors (Lipinski definition) is 0. The summed E-state index contributed by atoms with van der Waals surface area (Å²) in [6.07, 6.45) is 1.95. The fraction of sp³-hybridized carbons (Fsp3) is 0.818. The highest BCUT2D eigenvalue weighted by atomic mass is 15.1. The Morgan fingerprint density at radius 2 is 1.92 bits per heavy atom. The molecule has 1 unspecified atom stereocenters. The Bertz CT molecular complexity index is 132. The highest BCUT2D eigenvalue weighted by Gasteiger charge is 2.20. The molecule has 0 spiro atoms. The van der Waals surface area contributed by atoms with Crippen LogP contribution in [0.4, 0.5) is 0 Å². The highest BCUT2D eigenvalue weighted by Crippen LogP contribution is 2.25. The van der Waals surface area contributed by atoms with Gasteiger partial charge in [0, 0.05) is 13.1 Å². The van der Waals surface area contributed by atoms with Crippen LogP contribution in [-0.2, 0) is 0 Å². The summed E-state index contributed by atoms with van der Waals surface area (Å²) in [6, 6.07) is 0. The molecule has 0 aliphatic carbocycles. The molecule has 12 heavy (non-hydrogen) atoms. The zero-order chi connectivity index (χ0) is 9.78. The molecule has 0 heterocycles. The molecular formula is C11H23N. The number of hydrogen-bond acceptors (Lipinski definition) is 1. The lowest BCUT2D eigenvalue weighted by molar-refractivity contribution is 0.192. The lowest BCUT2D eigenvalue weighted by Gasteiger charge is -2.30. The molecule has 0 aliphatic rings. The quantitative estimate of drug-likeness (QED) is 0.585. The lowest BCUT2D eigenvalue weighted by Crippen LogP contribution is -2.31. The van der Waals surface area contributed by atoms with Crippen LogP contribution in [-0.4, -0.2) is 25.0 Å². The lowest BCUT2D eigenvalue weighted by atomic mass is 9.82. The largest absolute Gasteiger partial charge is 0.302 e. The van der Waals surface area contributed by atoms with Crippen LogP contribution in [0, 0.1) is 11.3 Å². The van der Waals surface area contributed by atoms with Gasteiger partial charge in [0.2, 0.25) is 0 Å². The average molecular weight is 169 g/mol. The van der Waals surface area contributed by atoms with E-state index in [0.29, 0.717) is 5.41 Å². The van der Waals surface area contributed by atoms with Crippen LogP contribution in [0.3, 0.4) is 0 Å². The van der Waals surface area contributed by atoms with Crippen LogP contribution in [0.5, 0.6) is 0 Å². The maximum Gasteiger partial charge on any atom is 0.0157 e. The summed E-state index contributed by atoms with van der Waals surface area (Å²) in [4.78, 5) is 2.31. The minimum atomic E-state index is 0.412. The summed E-state index contributed by atoms with van der Waals surface area (Å²) >= 11 is 0. The van der Waals surface area contributed by atoms with Gasteiger partial charge in [0.1, 0.15) is 0 Å². The van der Waals surface area contributed by atoms with E-state index >= 15 is 0 Å². The van der Waals surface area contributed by atoms with E-state index in [1.165, 1.54) is 0 Å². The van der Waals surface area contributed by atoms with Crippen LogP contribution in [0.15, 0.2) is 12.7 Å². The molecule has 0 aromatic rings. The van der Waals surface area contributed by atoms with E-state index in [1.54, 1.807) is 0 Å². The van der Waals surface area contributed by atoms with E-state index in [-0.39, 0.29) is 0 Å². The van der Waals surface area contributed by atoms with Gasteiger partial charge < -0.3 is 4.90 Å². The zero-order valence-corrected chi connectivity index (χ0v) is 9.22. The van der Waals surface area contributed by atoms with Crippen LogP contribution in [0.2, 0.25) is 0 Å². The van der Waals surface area contributed by atoms with Gasteiger partial charge in [-0.05, 0) is 18.4 Å². The molecule has 0 bridgehead atoms. The molecule has 0 fully saturated rings. The first-order valence-electron chi connectivity index (χ1n) is 4.67. The Hall–Kier alpha value is -0.300. The van der Waals surface area contributed by atoms with Crippen LogP contribution in [0.25, 0.3) is 0 Å². The van der Waals surface area contributed by atoms with Gasteiger partial charge in [0.05, 0.1) is 0 Å². The van der Waals surface area contributed by atoms with E-state index in [9.17, 15) is 0 Å². The van der Waals surface area contributed by atoms with Crippen molar-refractivity contribution in [2.24, 2.45) is 11.3 Å². The van der Waals surface area contributed by atoms with E-state index in [4.69, 9.17) is 0 Å². The number of rotatable bonds is 4. The first-order chi connectivity index (χ1) is 5.38. The molecule has 0 aliphatic heterocycles. The Kier molecular flexibility index (Phi) is 4.54. The fourth-order valence-electron chi connectivity index (χ4n) is 1.04. The van der Waals surface area contributed by atoms with Gasteiger partial charge in [-0.15, -0.1) is 6.58 Å². The van der Waals surface area contributed by atoms with Crippen LogP contribution < -0.4 is 0 Å². The SMILES string of the molecule is C=CCN(C)CC(C)C(C)(C)C. The van der Waals surface area contributed by atoms with Crippen molar-refractivity contribution < 1.29 is 0 Å². The number of nitrogens with zero attached hydrogens (tertiary/aromatic N) is 1. The molecule has 72 valence electrons. The summed E-state index contributed by atoms with van der Waals surface area (Å²) < 4.78 is 0. The normalized spacial score (nSPS) is 14.8. The van der Waals surface area contributed by atoms with Crippen molar-refractivity contribution in [1.82, 2.24) is 4.90 Å². The van der Waals surface area contributed by atoms with Crippen molar-refractivity contribution in [3.8, 4) is 0 Å². The predicted molar refractivity (Wildman–Crippen MR) is 56.3 cm³/mol. The van der Waals surface area contributed by atoms with Gasteiger partial charge in [-0.25, -0.2) is 0 Å². The molecule has 1 nitrogen and oxygen atoms in total. The molecule has 1 atom stereocenters. The average Bonchev–Trinajstić information content (AvgIpc) is 1.85. The van der Waals surface area contributed by atoms with Crippen LogP contribution >= 0.6 is 0 Å². The van der Waals surface area contributed by atoms with Crippen molar-refractivity contribution >= 4 is 0 Å². The second-order valence-corrected chi connectivity index (χ2v) is 4.78. The van der Waals surface area contributed by atoms with Gasteiger partial charge in [0.25, 0.3) is 0 Å². The van der Waals surface area contributed by atoms with Gasteiger partial charge >= 0.3 is 0 Å². The monoisotopic (exact) mass is 169 g/mol. The molecule has 1 heteroatoms. The molecular weight excluding hydrogens is 146 g/mol. The van der Waals surface area contributed by atoms with Crippen molar-refractivity contribution in [1.29, 1.82) is 0 Å². The smallest absolute Gasteiger partial charge is 0.0157 e. The predicted octanol–water partition coefficient (Wildman–Crippen LogP) is 2.79. The highest BCUT2D eigenvalue weighted by molar-refractivity contribution is 4.76. The summed E-state index contributed by atoms with van der Waals surface area (Å²) in [5.41, 5.74) is 0.412. The molecule has 0 aromatic heterocycles. The number of likely N-dealkylation sites (N-methyl/N-ethyl adjacent to an activating group) is 1. The van der Waals surface area contributed by atoms with Gasteiger partial charge in [-0.2, -0.15) is 0 Å². The van der Waals surface area contributed by atoms with Crippen molar-refractivity contribution in [2.45, 2.75) is 27.7 Å². The van der Waals surface area contributed by atoms with Gasteiger partial charge in [-0.3, -0.25) is 0 Å². The summed E-state index contributed by atoms with van der Waals surface area (Å²) in [6.45, 7) is 15.0. The second kappa shape index (κ2) is 4.66. The molecule has 0 amide bonds.